The highest BCUT2D eigenvalue weighted by atomic mass is 19.3. The SMILES string of the molecule is COCCn1cc(C(=O)NC(CC(F)F)C(=O)O)c2ccccc21. The molecule has 1 aromatic carbocycles. The predicted molar refractivity (Wildman–Crippen MR) is 83.3 cm³/mol. The van der Waals surface area contributed by atoms with Crippen LogP contribution >= 0.6 is 0 Å². The molecule has 0 aliphatic rings. The lowest BCUT2D eigenvalue weighted by atomic mass is 10.1. The Morgan fingerprint density at radius 3 is 2.67 bits per heavy atom. The molecule has 0 aliphatic heterocycles. The van der Waals surface area contributed by atoms with Gasteiger partial charge in [-0.15, -0.1) is 0 Å². The van der Waals surface area contributed by atoms with Crippen molar-refractivity contribution in [2.24, 2.45) is 0 Å². The van der Waals surface area contributed by atoms with Gasteiger partial charge in [0.2, 0.25) is 6.43 Å². The van der Waals surface area contributed by atoms with Crippen LogP contribution in [0.2, 0.25) is 0 Å². The van der Waals surface area contributed by atoms with Crippen LogP contribution in [0.3, 0.4) is 0 Å². The quantitative estimate of drug-likeness (QED) is 0.771. The van der Waals surface area contributed by atoms with Gasteiger partial charge >= 0.3 is 5.97 Å². The van der Waals surface area contributed by atoms with Gasteiger partial charge in [-0.05, 0) is 6.07 Å². The van der Waals surface area contributed by atoms with E-state index in [1.807, 2.05) is 12.1 Å². The van der Waals surface area contributed by atoms with E-state index in [0.29, 0.717) is 18.5 Å². The van der Waals surface area contributed by atoms with Gasteiger partial charge in [0.25, 0.3) is 5.91 Å². The number of nitrogens with one attached hydrogen (secondary N) is 1. The first-order chi connectivity index (χ1) is 11.4. The minimum Gasteiger partial charge on any atom is -0.480 e. The molecule has 6 nitrogen and oxygen atoms in total. The lowest BCUT2D eigenvalue weighted by Gasteiger charge is -2.13. The highest BCUT2D eigenvalue weighted by Gasteiger charge is 2.26. The van der Waals surface area contributed by atoms with Gasteiger partial charge in [0.05, 0.1) is 12.2 Å². The third-order valence-corrected chi connectivity index (χ3v) is 3.59. The minimum absolute atomic E-state index is 0.238. The number of aromatic nitrogens is 1. The van der Waals surface area contributed by atoms with Crippen LogP contribution in [0.15, 0.2) is 30.5 Å². The van der Waals surface area contributed by atoms with Crippen molar-refractivity contribution < 1.29 is 28.2 Å². The lowest BCUT2D eigenvalue weighted by Crippen LogP contribution is -2.42. The van der Waals surface area contributed by atoms with E-state index in [0.717, 1.165) is 5.52 Å². The summed E-state index contributed by atoms with van der Waals surface area (Å²) in [6, 6.07) is 5.45. The second-order valence-corrected chi connectivity index (χ2v) is 5.24. The molecule has 1 heterocycles. The molecular weight excluding hydrogens is 322 g/mol. The first kappa shape index (κ1) is 17.9. The molecule has 2 aromatic rings. The number of rotatable bonds is 8. The lowest BCUT2D eigenvalue weighted by molar-refractivity contribution is -0.140. The van der Waals surface area contributed by atoms with E-state index in [2.05, 4.69) is 5.32 Å². The van der Waals surface area contributed by atoms with E-state index in [1.54, 1.807) is 30.0 Å². The molecular formula is C16H18F2N2O4. The van der Waals surface area contributed by atoms with Crippen molar-refractivity contribution in [3.8, 4) is 0 Å². The van der Waals surface area contributed by atoms with Crippen LogP contribution in [0, 0.1) is 0 Å². The number of hydrogen-bond acceptors (Lipinski definition) is 3. The number of halogens is 2. The van der Waals surface area contributed by atoms with Crippen LogP contribution in [0.1, 0.15) is 16.8 Å². The molecule has 0 saturated carbocycles. The van der Waals surface area contributed by atoms with Gasteiger partial charge in [0.1, 0.15) is 6.04 Å². The van der Waals surface area contributed by atoms with Gasteiger partial charge in [-0.3, -0.25) is 4.79 Å². The number of carbonyl (C=O) groups excluding carboxylic acids is 1. The summed E-state index contributed by atoms with van der Waals surface area (Å²) in [6.07, 6.45) is -2.20. The Bertz CT molecular complexity index is 730. The third kappa shape index (κ3) is 4.08. The summed E-state index contributed by atoms with van der Waals surface area (Å²) in [5, 5.41) is 11.8. The van der Waals surface area contributed by atoms with Gasteiger partial charge in [-0.2, -0.15) is 0 Å². The maximum absolute atomic E-state index is 12.5. The molecule has 1 amide bonds. The maximum atomic E-state index is 12.5. The molecule has 0 aliphatic carbocycles. The van der Waals surface area contributed by atoms with Crippen molar-refractivity contribution in [1.82, 2.24) is 9.88 Å². The predicted octanol–water partition coefficient (Wildman–Crippen LogP) is 2.13. The number of methoxy groups -OCH3 is 1. The number of benzene rings is 1. The van der Waals surface area contributed by atoms with E-state index < -0.39 is 30.8 Å². The Balaban J connectivity index is 2.30. The Labute approximate surface area is 137 Å². The number of carbonyl (C=O) groups is 2. The van der Waals surface area contributed by atoms with Crippen LogP contribution in [0.5, 0.6) is 0 Å². The number of aliphatic carboxylic acids is 1. The first-order valence-electron chi connectivity index (χ1n) is 7.32. The van der Waals surface area contributed by atoms with Crippen molar-refractivity contribution in [3.63, 3.8) is 0 Å². The monoisotopic (exact) mass is 340 g/mol. The van der Waals surface area contributed by atoms with Crippen LogP contribution in [0.4, 0.5) is 8.78 Å². The second-order valence-electron chi connectivity index (χ2n) is 5.24. The fourth-order valence-electron chi connectivity index (χ4n) is 2.44. The third-order valence-electron chi connectivity index (χ3n) is 3.59. The molecule has 8 heteroatoms. The summed E-state index contributed by atoms with van der Waals surface area (Å²) in [6.45, 7) is 0.937. The minimum atomic E-state index is -2.82. The molecule has 2 rings (SSSR count). The number of hydrogen-bond donors (Lipinski definition) is 2. The fourth-order valence-corrected chi connectivity index (χ4v) is 2.44. The summed E-state index contributed by atoms with van der Waals surface area (Å²) in [5.74, 6) is -2.19. The number of fused-ring (bicyclic) bond motifs is 1. The summed E-state index contributed by atoms with van der Waals surface area (Å²) < 4.78 is 31.7. The number of amides is 1. The first-order valence-corrected chi connectivity index (χ1v) is 7.32. The van der Waals surface area contributed by atoms with Crippen LogP contribution < -0.4 is 5.32 Å². The van der Waals surface area contributed by atoms with Crippen molar-refractivity contribution in [2.75, 3.05) is 13.7 Å². The summed E-state index contributed by atoms with van der Waals surface area (Å²) in [7, 11) is 1.56. The number of ether oxygens (including phenoxy) is 1. The molecule has 0 fully saturated rings. The normalized spacial score (nSPS) is 12.5. The number of alkyl halides is 2. The average molecular weight is 340 g/mol. The maximum Gasteiger partial charge on any atom is 0.326 e. The van der Waals surface area contributed by atoms with Gasteiger partial charge in [0.15, 0.2) is 0 Å². The topological polar surface area (TPSA) is 80.6 Å². The zero-order chi connectivity index (χ0) is 17.7. The van der Waals surface area contributed by atoms with Gasteiger partial charge in [-0.25, -0.2) is 13.6 Å². The number of para-hydroxylation sites is 1. The highest BCUT2D eigenvalue weighted by Crippen LogP contribution is 2.21. The Morgan fingerprint density at radius 2 is 2.04 bits per heavy atom. The van der Waals surface area contributed by atoms with Crippen molar-refractivity contribution >= 4 is 22.8 Å². The molecule has 1 unspecified atom stereocenters. The summed E-state index contributed by atoms with van der Waals surface area (Å²) in [4.78, 5) is 23.4. The summed E-state index contributed by atoms with van der Waals surface area (Å²) >= 11 is 0. The molecule has 0 bridgehead atoms. The van der Waals surface area contributed by atoms with Crippen molar-refractivity contribution in [2.45, 2.75) is 25.4 Å². The number of nitrogens with zero attached hydrogens (tertiary/aromatic N) is 1. The zero-order valence-corrected chi connectivity index (χ0v) is 13.0. The van der Waals surface area contributed by atoms with E-state index >= 15 is 0 Å². The number of carboxylic acid groups (broad SMARTS) is 1. The Kier molecular flexibility index (Phi) is 5.86. The molecule has 2 N–H and O–H groups in total. The molecule has 0 spiro atoms. The van der Waals surface area contributed by atoms with Gasteiger partial charge in [0, 0.05) is 37.2 Å². The van der Waals surface area contributed by atoms with Crippen LogP contribution in [0.25, 0.3) is 10.9 Å². The Hall–Kier alpha value is -2.48. The standard InChI is InChI=1S/C16H18F2N2O4/c1-24-7-6-20-9-11(10-4-2-3-5-13(10)20)15(21)19-12(16(22)23)8-14(17)18/h2-5,9,12,14H,6-8H2,1H3,(H,19,21)(H,22,23). The van der Waals surface area contributed by atoms with Crippen LogP contribution in [-0.4, -0.2) is 47.7 Å². The molecule has 130 valence electrons. The van der Waals surface area contributed by atoms with E-state index in [1.165, 1.54) is 0 Å². The highest BCUT2D eigenvalue weighted by molar-refractivity contribution is 6.07. The van der Waals surface area contributed by atoms with Gasteiger partial charge < -0.3 is 19.7 Å². The van der Waals surface area contributed by atoms with Crippen LogP contribution in [-0.2, 0) is 16.1 Å². The second kappa shape index (κ2) is 7.87. The Morgan fingerprint density at radius 1 is 1.33 bits per heavy atom. The molecule has 1 atom stereocenters. The summed E-state index contributed by atoms with van der Waals surface area (Å²) in [5.41, 5.74) is 1.02. The average Bonchev–Trinajstić information content (AvgIpc) is 2.90. The van der Waals surface area contributed by atoms with E-state index in [9.17, 15) is 18.4 Å². The van der Waals surface area contributed by atoms with E-state index in [-0.39, 0.29) is 5.56 Å². The molecule has 0 saturated heterocycles. The smallest absolute Gasteiger partial charge is 0.326 e. The largest absolute Gasteiger partial charge is 0.480 e. The van der Waals surface area contributed by atoms with Crippen molar-refractivity contribution in [1.29, 1.82) is 0 Å². The fraction of sp³-hybridized carbons (Fsp3) is 0.375. The molecule has 0 radical (unpaired) electrons. The molecule has 1 aromatic heterocycles. The number of carboxylic acids is 1. The zero-order valence-electron chi connectivity index (χ0n) is 13.0. The molecule has 24 heavy (non-hydrogen) atoms. The van der Waals surface area contributed by atoms with E-state index in [4.69, 9.17) is 9.84 Å². The van der Waals surface area contributed by atoms with Gasteiger partial charge in [-0.1, -0.05) is 18.2 Å². The van der Waals surface area contributed by atoms with Crippen molar-refractivity contribution in [3.05, 3.63) is 36.0 Å².